The van der Waals surface area contributed by atoms with E-state index in [0.29, 0.717) is 0 Å². The molecule has 4 aromatic rings. The third-order valence-corrected chi connectivity index (χ3v) is 13.7. The second-order valence-electron chi connectivity index (χ2n) is 8.75. The van der Waals surface area contributed by atoms with Gasteiger partial charge in [-0.25, -0.2) is 31.5 Å². The van der Waals surface area contributed by atoms with Gasteiger partial charge in [-0.3, -0.25) is 0 Å². The summed E-state index contributed by atoms with van der Waals surface area (Å²) < 4.78 is 130. The maximum atomic E-state index is 13.0. The zero-order chi connectivity index (χ0) is 35.3. The number of nitrogens with zero attached hydrogens (tertiary/aromatic N) is 3. The average molecular weight is 910 g/mol. The summed E-state index contributed by atoms with van der Waals surface area (Å²) in [6.07, 6.45) is -9.58. The molecule has 0 fully saturated rings. The highest BCUT2D eigenvalue weighted by Crippen LogP contribution is 2.45. The Morgan fingerprint density at radius 2 is 1.17 bits per heavy atom. The van der Waals surface area contributed by atoms with Gasteiger partial charge in [0.2, 0.25) is 31.7 Å². The van der Waals surface area contributed by atoms with Crippen molar-refractivity contribution in [2.75, 3.05) is 19.6 Å². The first-order valence-electron chi connectivity index (χ1n) is 12.2. The molecule has 0 amide bonds. The van der Waals surface area contributed by atoms with Crippen molar-refractivity contribution in [3.05, 3.63) is 40.7 Å². The van der Waals surface area contributed by atoms with Crippen molar-refractivity contribution in [2.45, 2.75) is 42.9 Å². The normalized spacial score (nSPS) is 13.1. The minimum absolute atomic E-state index is 0.00302. The lowest BCUT2D eigenvalue weighted by atomic mass is 10.3. The zero-order valence-electron chi connectivity index (χ0n) is 22.9. The standard InChI is InChI=1S/C12H11Br2ClF3N3O2S.C10H7Cl3F3N3O2S/c1-3-21(4-2)24(22,23)10-6(14)7(15)5(13)8-9(10)20-11(19-8)12(16,17)18;1-2-17-22(20,21)8-5(13)3(11)4(12)6-7(8)19-9(18-6)10(14,15)16/h3-4H2,1-2H3,(H,19,20);17H,2H2,1H3,(H,18,19). The lowest BCUT2D eigenvalue weighted by Gasteiger charge is -2.20. The number of imidazole rings is 2. The molecule has 0 atom stereocenters. The highest BCUT2D eigenvalue weighted by Gasteiger charge is 2.39. The summed E-state index contributed by atoms with van der Waals surface area (Å²) in [6.45, 7) is 5.04. The van der Waals surface area contributed by atoms with E-state index in [4.69, 9.17) is 46.4 Å². The monoisotopic (exact) mass is 906 g/mol. The Morgan fingerprint density at radius 3 is 1.61 bits per heavy atom. The number of fused-ring (bicyclic) bond motifs is 2. The quantitative estimate of drug-likeness (QED) is 0.125. The number of benzene rings is 2. The van der Waals surface area contributed by atoms with Gasteiger partial charge in [0.25, 0.3) is 0 Å². The van der Waals surface area contributed by atoms with Gasteiger partial charge in [-0.05, 0) is 31.9 Å². The van der Waals surface area contributed by atoms with Crippen LogP contribution in [0, 0.1) is 0 Å². The summed E-state index contributed by atoms with van der Waals surface area (Å²) in [5.74, 6) is -2.71. The van der Waals surface area contributed by atoms with Gasteiger partial charge in [0.05, 0.1) is 40.1 Å². The fraction of sp³-hybridized carbons (Fsp3) is 0.364. The fourth-order valence-electron chi connectivity index (χ4n) is 3.92. The summed E-state index contributed by atoms with van der Waals surface area (Å²) in [5.41, 5.74) is -1.37. The minimum Gasteiger partial charge on any atom is -0.333 e. The van der Waals surface area contributed by atoms with E-state index in [1.165, 1.54) is 6.92 Å². The molecular formula is C22H18Br2Cl4F6N6O4S2. The van der Waals surface area contributed by atoms with E-state index in [1.54, 1.807) is 13.8 Å². The van der Waals surface area contributed by atoms with Gasteiger partial charge in [0.15, 0.2) is 0 Å². The summed E-state index contributed by atoms with van der Waals surface area (Å²) in [4.78, 5) is 9.68. The highest BCUT2D eigenvalue weighted by molar-refractivity contribution is 9.11. The Labute approximate surface area is 293 Å². The Morgan fingerprint density at radius 1 is 0.717 bits per heavy atom. The van der Waals surface area contributed by atoms with Gasteiger partial charge in [-0.1, -0.05) is 67.2 Å². The number of sulfonamides is 2. The van der Waals surface area contributed by atoms with Crippen LogP contribution >= 0.6 is 78.3 Å². The molecular weight excluding hydrogens is 892 g/mol. The lowest BCUT2D eigenvalue weighted by molar-refractivity contribution is -0.144. The Balaban J connectivity index is 0.000000251. The molecule has 46 heavy (non-hydrogen) atoms. The van der Waals surface area contributed by atoms with E-state index in [0.717, 1.165) is 4.31 Å². The van der Waals surface area contributed by atoms with E-state index in [1.807, 2.05) is 4.98 Å². The Kier molecular flexibility index (Phi) is 12.0. The molecule has 0 saturated heterocycles. The molecule has 2 heterocycles. The molecule has 0 radical (unpaired) electrons. The van der Waals surface area contributed by atoms with Gasteiger partial charge in [0, 0.05) is 19.6 Å². The third kappa shape index (κ3) is 7.40. The number of rotatable bonds is 7. The van der Waals surface area contributed by atoms with Crippen LogP contribution in [0.3, 0.4) is 0 Å². The van der Waals surface area contributed by atoms with Crippen LogP contribution in [0.1, 0.15) is 32.4 Å². The SMILES string of the molecule is CCN(CC)S(=O)(=O)c1c(Br)c(Cl)c(Br)c2[nH]c(C(F)(F)F)nc12.CCNS(=O)(=O)c1c(Cl)c(Cl)c(Cl)c2[nH]c(C(F)(F)F)nc12. The summed E-state index contributed by atoms with van der Waals surface area (Å²) >= 11 is 29.7. The maximum absolute atomic E-state index is 13.0. The molecule has 0 unspecified atom stereocenters. The Hall–Kier alpha value is -1.10. The number of nitrogens with one attached hydrogen (secondary N) is 3. The minimum atomic E-state index is -4.82. The van der Waals surface area contributed by atoms with Gasteiger partial charge < -0.3 is 9.97 Å². The second-order valence-corrected chi connectivity index (χ2v) is 15.4. The van der Waals surface area contributed by atoms with Gasteiger partial charge in [-0.15, -0.1) is 0 Å². The van der Waals surface area contributed by atoms with Gasteiger partial charge >= 0.3 is 12.4 Å². The number of hydrogen-bond acceptors (Lipinski definition) is 6. The largest absolute Gasteiger partial charge is 0.449 e. The van der Waals surface area contributed by atoms with Crippen LogP contribution in [-0.2, 0) is 32.4 Å². The predicted octanol–water partition coefficient (Wildman–Crippen LogP) is 8.63. The van der Waals surface area contributed by atoms with Gasteiger partial charge in [0.1, 0.15) is 20.8 Å². The molecule has 10 nitrogen and oxygen atoms in total. The first-order valence-corrected chi connectivity index (χ1v) is 18.3. The van der Waals surface area contributed by atoms with Crippen molar-refractivity contribution in [2.24, 2.45) is 0 Å². The van der Waals surface area contributed by atoms with Gasteiger partial charge in [-0.2, -0.15) is 30.6 Å². The Bertz CT molecular complexity index is 2040. The smallest absolute Gasteiger partial charge is 0.333 e. The molecule has 0 saturated carbocycles. The van der Waals surface area contributed by atoms with Crippen molar-refractivity contribution < 1.29 is 43.2 Å². The van der Waals surface area contributed by atoms with Crippen molar-refractivity contribution in [3.8, 4) is 0 Å². The molecule has 2 aromatic heterocycles. The van der Waals surface area contributed by atoms with Crippen LogP contribution in [0.15, 0.2) is 18.7 Å². The van der Waals surface area contributed by atoms with Crippen molar-refractivity contribution in [1.29, 1.82) is 0 Å². The molecule has 0 aliphatic heterocycles. The topological polar surface area (TPSA) is 141 Å². The van der Waals surface area contributed by atoms with Crippen LogP contribution in [0.2, 0.25) is 20.1 Å². The van der Waals surface area contributed by atoms with Crippen LogP contribution in [0.25, 0.3) is 22.1 Å². The van der Waals surface area contributed by atoms with Crippen LogP contribution in [0.4, 0.5) is 26.3 Å². The summed E-state index contributed by atoms with van der Waals surface area (Å²) in [6, 6.07) is 0. The molecule has 3 N–H and O–H groups in total. The second kappa shape index (κ2) is 14.0. The third-order valence-electron chi connectivity index (χ3n) is 5.89. The van der Waals surface area contributed by atoms with Crippen molar-refractivity contribution in [1.82, 2.24) is 29.0 Å². The first kappa shape index (κ1) is 39.3. The fourth-order valence-corrected chi connectivity index (χ4v) is 9.85. The molecule has 256 valence electrons. The number of alkyl halides is 6. The van der Waals surface area contributed by atoms with Crippen LogP contribution < -0.4 is 4.72 Å². The van der Waals surface area contributed by atoms with E-state index in [2.05, 4.69) is 51.5 Å². The van der Waals surface area contributed by atoms with Crippen LogP contribution in [-0.4, -0.2) is 60.7 Å². The van der Waals surface area contributed by atoms with Crippen LogP contribution in [0.5, 0.6) is 0 Å². The zero-order valence-corrected chi connectivity index (χ0v) is 30.8. The highest BCUT2D eigenvalue weighted by atomic mass is 79.9. The van der Waals surface area contributed by atoms with E-state index < -0.39 is 64.4 Å². The summed E-state index contributed by atoms with van der Waals surface area (Å²) in [5, 5.41) is -1.30. The number of halogens is 12. The maximum Gasteiger partial charge on any atom is 0.449 e. The number of H-pyrrole nitrogens is 2. The molecule has 0 aliphatic rings. The molecule has 2 aromatic carbocycles. The molecule has 24 heteroatoms. The van der Waals surface area contributed by atoms with E-state index in [9.17, 15) is 43.2 Å². The number of aromatic nitrogens is 4. The number of hydrogen-bond donors (Lipinski definition) is 3. The van der Waals surface area contributed by atoms with Crippen molar-refractivity contribution in [3.63, 3.8) is 0 Å². The molecule has 0 bridgehead atoms. The number of aromatic amines is 2. The van der Waals surface area contributed by atoms with Crippen molar-refractivity contribution >= 4 is 120 Å². The molecule has 4 rings (SSSR count). The van der Waals surface area contributed by atoms with E-state index >= 15 is 0 Å². The summed E-state index contributed by atoms with van der Waals surface area (Å²) in [7, 11) is -8.31. The van der Waals surface area contributed by atoms with E-state index in [-0.39, 0.29) is 60.2 Å². The molecule has 0 spiro atoms. The molecule has 0 aliphatic carbocycles. The first-order chi connectivity index (χ1) is 21.0. The average Bonchev–Trinajstić information content (AvgIpc) is 3.57. The predicted molar refractivity (Wildman–Crippen MR) is 169 cm³/mol. The lowest BCUT2D eigenvalue weighted by Crippen LogP contribution is -2.31.